The van der Waals surface area contributed by atoms with Crippen molar-refractivity contribution >= 4 is 5.91 Å². The van der Waals surface area contributed by atoms with Gasteiger partial charge in [-0.3, -0.25) is 9.69 Å². The van der Waals surface area contributed by atoms with Gasteiger partial charge in [0.2, 0.25) is 0 Å². The number of benzene rings is 1. The predicted octanol–water partition coefficient (Wildman–Crippen LogP) is 3.77. The molecule has 1 N–H and O–H groups in total. The summed E-state index contributed by atoms with van der Waals surface area (Å²) < 4.78 is 0. The van der Waals surface area contributed by atoms with Crippen LogP contribution in [0.1, 0.15) is 61.9 Å². The maximum Gasteiger partial charge on any atom is 0.251 e. The Labute approximate surface area is 140 Å². The Balaban J connectivity index is 1.65. The standard InChI is InChI=1S/C20H30N2O/c1-14(2)13-22-17-8-6-9-18(22)12-16(11-17)21-20(23)19-10-5-4-7-15(19)3/h4-5,7,10,14,16-18H,6,8-9,11-13H2,1-3H3,(H,21,23)/t17-,18-/m0/s1. The number of carbonyl (C=O) groups is 1. The third-order valence-corrected chi connectivity index (χ3v) is 5.43. The molecular formula is C20H30N2O. The fraction of sp³-hybridized carbons (Fsp3) is 0.650. The normalized spacial score (nSPS) is 27.9. The summed E-state index contributed by atoms with van der Waals surface area (Å²) in [7, 11) is 0. The van der Waals surface area contributed by atoms with Gasteiger partial charge in [0.25, 0.3) is 5.91 Å². The average Bonchev–Trinajstić information content (AvgIpc) is 2.47. The van der Waals surface area contributed by atoms with Gasteiger partial charge in [-0.15, -0.1) is 0 Å². The number of hydrogen-bond donors (Lipinski definition) is 1. The number of hydrogen-bond acceptors (Lipinski definition) is 2. The summed E-state index contributed by atoms with van der Waals surface area (Å²) in [5.74, 6) is 0.819. The number of rotatable bonds is 4. The molecule has 126 valence electrons. The first-order valence-corrected chi connectivity index (χ1v) is 9.17. The smallest absolute Gasteiger partial charge is 0.251 e. The zero-order chi connectivity index (χ0) is 16.4. The molecule has 3 rings (SSSR count). The molecule has 2 aliphatic rings. The number of piperidine rings is 2. The highest BCUT2D eigenvalue weighted by molar-refractivity contribution is 5.95. The van der Waals surface area contributed by atoms with Crippen molar-refractivity contribution in [1.29, 1.82) is 0 Å². The second-order valence-electron chi connectivity index (χ2n) is 7.79. The van der Waals surface area contributed by atoms with Gasteiger partial charge < -0.3 is 5.32 Å². The van der Waals surface area contributed by atoms with E-state index in [2.05, 4.69) is 24.1 Å². The number of nitrogens with one attached hydrogen (secondary N) is 1. The first-order chi connectivity index (χ1) is 11.0. The average molecular weight is 314 g/mol. The number of nitrogens with zero attached hydrogens (tertiary/aromatic N) is 1. The molecule has 0 aromatic heterocycles. The third kappa shape index (κ3) is 3.77. The monoisotopic (exact) mass is 314 g/mol. The molecule has 0 aliphatic carbocycles. The van der Waals surface area contributed by atoms with Crippen LogP contribution in [0.4, 0.5) is 0 Å². The molecule has 0 saturated carbocycles. The number of amides is 1. The van der Waals surface area contributed by atoms with Crippen LogP contribution >= 0.6 is 0 Å². The third-order valence-electron chi connectivity index (χ3n) is 5.43. The molecule has 0 unspecified atom stereocenters. The fourth-order valence-corrected chi connectivity index (χ4v) is 4.41. The van der Waals surface area contributed by atoms with Crippen molar-refractivity contribution in [3.8, 4) is 0 Å². The van der Waals surface area contributed by atoms with E-state index in [1.54, 1.807) is 0 Å². The summed E-state index contributed by atoms with van der Waals surface area (Å²) in [5.41, 5.74) is 1.88. The van der Waals surface area contributed by atoms with E-state index in [1.807, 2.05) is 31.2 Å². The highest BCUT2D eigenvalue weighted by atomic mass is 16.1. The van der Waals surface area contributed by atoms with E-state index in [9.17, 15) is 4.79 Å². The van der Waals surface area contributed by atoms with Crippen LogP contribution in [0.5, 0.6) is 0 Å². The molecule has 2 aliphatic heterocycles. The first kappa shape index (κ1) is 16.5. The van der Waals surface area contributed by atoms with E-state index in [0.29, 0.717) is 18.1 Å². The minimum atomic E-state index is 0.100. The Bertz CT molecular complexity index is 540. The Morgan fingerprint density at radius 1 is 1.22 bits per heavy atom. The number of carbonyl (C=O) groups excluding carboxylic acids is 1. The highest BCUT2D eigenvalue weighted by Gasteiger charge is 2.38. The van der Waals surface area contributed by atoms with Crippen LogP contribution in [0.25, 0.3) is 0 Å². The van der Waals surface area contributed by atoms with Crippen molar-refractivity contribution in [2.24, 2.45) is 5.92 Å². The van der Waals surface area contributed by atoms with E-state index >= 15 is 0 Å². The second-order valence-corrected chi connectivity index (χ2v) is 7.79. The molecular weight excluding hydrogens is 284 g/mol. The van der Waals surface area contributed by atoms with Gasteiger partial charge in [-0.05, 0) is 50.2 Å². The van der Waals surface area contributed by atoms with E-state index in [-0.39, 0.29) is 5.91 Å². The van der Waals surface area contributed by atoms with Crippen molar-refractivity contribution in [2.75, 3.05) is 6.54 Å². The van der Waals surface area contributed by atoms with Gasteiger partial charge in [0, 0.05) is 30.2 Å². The van der Waals surface area contributed by atoms with Crippen molar-refractivity contribution < 1.29 is 4.79 Å². The molecule has 1 amide bonds. The van der Waals surface area contributed by atoms with Crippen molar-refractivity contribution in [3.05, 3.63) is 35.4 Å². The molecule has 0 radical (unpaired) electrons. The summed E-state index contributed by atoms with van der Waals surface area (Å²) >= 11 is 0. The fourth-order valence-electron chi connectivity index (χ4n) is 4.41. The zero-order valence-corrected chi connectivity index (χ0v) is 14.7. The van der Waals surface area contributed by atoms with E-state index < -0.39 is 0 Å². The van der Waals surface area contributed by atoms with E-state index in [0.717, 1.165) is 29.9 Å². The predicted molar refractivity (Wildman–Crippen MR) is 94.6 cm³/mol. The maximum atomic E-state index is 12.6. The molecule has 3 heteroatoms. The minimum Gasteiger partial charge on any atom is -0.349 e. The van der Waals surface area contributed by atoms with Gasteiger partial charge in [0.1, 0.15) is 0 Å². The lowest BCUT2D eigenvalue weighted by Crippen LogP contribution is -2.57. The van der Waals surface area contributed by atoms with Crippen LogP contribution in [0.15, 0.2) is 24.3 Å². The van der Waals surface area contributed by atoms with Crippen LogP contribution < -0.4 is 5.32 Å². The molecule has 1 aromatic carbocycles. The molecule has 2 fully saturated rings. The molecule has 2 saturated heterocycles. The molecule has 1 aromatic rings. The SMILES string of the molecule is Cc1ccccc1C(=O)NC1C[C@@H]2CCC[C@@H](C1)N2CC(C)C. The van der Waals surface area contributed by atoms with Crippen molar-refractivity contribution in [3.63, 3.8) is 0 Å². The molecule has 2 bridgehead atoms. The Morgan fingerprint density at radius 2 is 1.87 bits per heavy atom. The quantitative estimate of drug-likeness (QED) is 0.917. The number of fused-ring (bicyclic) bond motifs is 2. The van der Waals surface area contributed by atoms with Gasteiger partial charge in [-0.25, -0.2) is 0 Å². The Hall–Kier alpha value is -1.35. The summed E-state index contributed by atoms with van der Waals surface area (Å²) in [6.07, 6.45) is 6.16. The minimum absolute atomic E-state index is 0.100. The van der Waals surface area contributed by atoms with E-state index in [1.165, 1.54) is 25.8 Å². The van der Waals surface area contributed by atoms with Gasteiger partial charge in [0.15, 0.2) is 0 Å². The second kappa shape index (κ2) is 7.04. The molecule has 2 heterocycles. The van der Waals surface area contributed by atoms with Crippen molar-refractivity contribution in [1.82, 2.24) is 10.2 Å². The van der Waals surface area contributed by atoms with Crippen LogP contribution in [0.3, 0.4) is 0 Å². The molecule has 23 heavy (non-hydrogen) atoms. The molecule has 3 nitrogen and oxygen atoms in total. The summed E-state index contributed by atoms with van der Waals surface area (Å²) in [4.78, 5) is 15.3. The van der Waals surface area contributed by atoms with Crippen molar-refractivity contribution in [2.45, 2.75) is 71.0 Å². The van der Waals surface area contributed by atoms with E-state index in [4.69, 9.17) is 0 Å². The number of aryl methyl sites for hydroxylation is 1. The van der Waals surface area contributed by atoms with Crippen LogP contribution in [-0.4, -0.2) is 35.5 Å². The Kier molecular flexibility index (Phi) is 5.05. The summed E-state index contributed by atoms with van der Waals surface area (Å²) in [6, 6.07) is 9.52. The topological polar surface area (TPSA) is 32.3 Å². The van der Waals surface area contributed by atoms with Crippen LogP contribution in [-0.2, 0) is 0 Å². The molecule has 0 spiro atoms. The lowest BCUT2D eigenvalue weighted by atomic mass is 9.81. The van der Waals surface area contributed by atoms with Crippen LogP contribution in [0.2, 0.25) is 0 Å². The summed E-state index contributed by atoms with van der Waals surface area (Å²) in [5, 5.41) is 3.31. The molecule has 2 atom stereocenters. The first-order valence-electron chi connectivity index (χ1n) is 9.17. The van der Waals surface area contributed by atoms with Gasteiger partial charge in [0.05, 0.1) is 0 Å². The lowest BCUT2D eigenvalue weighted by molar-refractivity contribution is 0.0158. The summed E-state index contributed by atoms with van der Waals surface area (Å²) in [6.45, 7) is 7.83. The van der Waals surface area contributed by atoms with Gasteiger partial charge in [-0.1, -0.05) is 38.5 Å². The maximum absolute atomic E-state index is 12.6. The lowest BCUT2D eigenvalue weighted by Gasteiger charge is -2.49. The Morgan fingerprint density at radius 3 is 2.48 bits per heavy atom. The largest absolute Gasteiger partial charge is 0.349 e. The van der Waals surface area contributed by atoms with Gasteiger partial charge in [-0.2, -0.15) is 0 Å². The van der Waals surface area contributed by atoms with Crippen LogP contribution in [0, 0.1) is 12.8 Å². The highest BCUT2D eigenvalue weighted by Crippen LogP contribution is 2.34. The zero-order valence-electron chi connectivity index (χ0n) is 14.7. The van der Waals surface area contributed by atoms with Gasteiger partial charge >= 0.3 is 0 Å².